The SMILES string of the molecule is C=CCN(CC=C)C(=O)c1ccc(OCC)c(N)c1. The number of nitrogens with two attached hydrogens (primary N) is 1. The zero-order valence-corrected chi connectivity index (χ0v) is 11.3. The molecule has 4 nitrogen and oxygen atoms in total. The van der Waals surface area contributed by atoms with Crippen LogP contribution in [0.1, 0.15) is 17.3 Å². The monoisotopic (exact) mass is 260 g/mol. The Balaban J connectivity index is 2.94. The first kappa shape index (κ1) is 14.8. The third-order valence-electron chi connectivity index (χ3n) is 2.54. The van der Waals surface area contributed by atoms with Crippen molar-refractivity contribution in [2.75, 3.05) is 25.4 Å². The largest absolute Gasteiger partial charge is 0.492 e. The van der Waals surface area contributed by atoms with Crippen LogP contribution in [0, 0.1) is 0 Å². The summed E-state index contributed by atoms with van der Waals surface area (Å²) < 4.78 is 5.34. The Hall–Kier alpha value is -2.23. The maximum Gasteiger partial charge on any atom is 0.254 e. The molecular formula is C15H20N2O2. The summed E-state index contributed by atoms with van der Waals surface area (Å²) in [5.74, 6) is 0.493. The maximum atomic E-state index is 12.3. The van der Waals surface area contributed by atoms with Crippen LogP contribution < -0.4 is 10.5 Å². The van der Waals surface area contributed by atoms with E-state index in [1.54, 1.807) is 35.3 Å². The molecule has 0 aliphatic carbocycles. The van der Waals surface area contributed by atoms with E-state index in [1.807, 2.05) is 6.92 Å². The molecule has 0 fully saturated rings. The Labute approximate surface area is 114 Å². The van der Waals surface area contributed by atoms with E-state index in [-0.39, 0.29) is 5.91 Å². The number of nitrogens with zero attached hydrogens (tertiary/aromatic N) is 1. The number of carbonyl (C=O) groups excluding carboxylic acids is 1. The molecule has 0 aliphatic rings. The maximum absolute atomic E-state index is 12.3. The molecule has 0 bridgehead atoms. The average Bonchev–Trinajstić information content (AvgIpc) is 2.40. The Morgan fingerprint density at radius 1 is 1.37 bits per heavy atom. The second kappa shape index (κ2) is 7.26. The van der Waals surface area contributed by atoms with E-state index in [2.05, 4.69) is 13.2 Å². The highest BCUT2D eigenvalue weighted by atomic mass is 16.5. The lowest BCUT2D eigenvalue weighted by atomic mass is 10.1. The molecule has 1 aromatic rings. The zero-order valence-electron chi connectivity index (χ0n) is 11.3. The van der Waals surface area contributed by atoms with E-state index in [1.165, 1.54) is 0 Å². The number of rotatable bonds is 7. The first-order valence-electron chi connectivity index (χ1n) is 6.17. The second-order valence-corrected chi connectivity index (χ2v) is 3.97. The van der Waals surface area contributed by atoms with Gasteiger partial charge >= 0.3 is 0 Å². The Morgan fingerprint density at radius 2 is 2.00 bits per heavy atom. The minimum Gasteiger partial charge on any atom is -0.492 e. The van der Waals surface area contributed by atoms with Crippen molar-refractivity contribution in [1.29, 1.82) is 0 Å². The highest BCUT2D eigenvalue weighted by Crippen LogP contribution is 2.23. The summed E-state index contributed by atoms with van der Waals surface area (Å²) >= 11 is 0. The van der Waals surface area contributed by atoms with Gasteiger partial charge in [0.15, 0.2) is 0 Å². The van der Waals surface area contributed by atoms with Crippen molar-refractivity contribution < 1.29 is 9.53 Å². The Morgan fingerprint density at radius 3 is 2.47 bits per heavy atom. The molecule has 0 saturated carbocycles. The quantitative estimate of drug-likeness (QED) is 0.605. The minimum atomic E-state index is -0.102. The number of carbonyl (C=O) groups is 1. The normalized spacial score (nSPS) is 9.74. The van der Waals surface area contributed by atoms with Crippen molar-refractivity contribution in [3.05, 3.63) is 49.1 Å². The molecule has 0 radical (unpaired) electrons. The second-order valence-electron chi connectivity index (χ2n) is 3.97. The predicted molar refractivity (Wildman–Crippen MR) is 78.3 cm³/mol. The number of hydrogen-bond acceptors (Lipinski definition) is 3. The fraction of sp³-hybridized carbons (Fsp3) is 0.267. The molecule has 2 N–H and O–H groups in total. The van der Waals surface area contributed by atoms with Gasteiger partial charge in [-0.3, -0.25) is 4.79 Å². The van der Waals surface area contributed by atoms with Crippen molar-refractivity contribution in [2.45, 2.75) is 6.92 Å². The van der Waals surface area contributed by atoms with Crippen LogP contribution in [-0.4, -0.2) is 30.5 Å². The van der Waals surface area contributed by atoms with Crippen molar-refractivity contribution in [3.63, 3.8) is 0 Å². The van der Waals surface area contributed by atoms with E-state index < -0.39 is 0 Å². The number of benzene rings is 1. The third kappa shape index (κ3) is 3.88. The molecule has 0 atom stereocenters. The molecular weight excluding hydrogens is 240 g/mol. The van der Waals surface area contributed by atoms with E-state index in [0.717, 1.165) is 0 Å². The van der Waals surface area contributed by atoms with E-state index in [9.17, 15) is 4.79 Å². The molecule has 0 unspecified atom stereocenters. The van der Waals surface area contributed by atoms with Crippen molar-refractivity contribution >= 4 is 11.6 Å². The summed E-state index contributed by atoms with van der Waals surface area (Å²) in [5, 5.41) is 0. The average molecular weight is 260 g/mol. The number of nitrogen functional groups attached to an aromatic ring is 1. The molecule has 0 aromatic heterocycles. The lowest BCUT2D eigenvalue weighted by molar-refractivity contribution is 0.0791. The number of hydrogen-bond donors (Lipinski definition) is 1. The van der Waals surface area contributed by atoms with Crippen LogP contribution in [0.4, 0.5) is 5.69 Å². The molecule has 1 rings (SSSR count). The summed E-state index contributed by atoms with van der Waals surface area (Å²) in [4.78, 5) is 13.9. The molecule has 102 valence electrons. The summed E-state index contributed by atoms with van der Waals surface area (Å²) in [7, 11) is 0. The van der Waals surface area contributed by atoms with Crippen LogP contribution in [-0.2, 0) is 0 Å². The molecule has 1 aromatic carbocycles. The first-order valence-corrected chi connectivity index (χ1v) is 6.17. The predicted octanol–water partition coefficient (Wildman–Crippen LogP) is 2.48. The fourth-order valence-corrected chi connectivity index (χ4v) is 1.70. The topological polar surface area (TPSA) is 55.6 Å². The van der Waals surface area contributed by atoms with Gasteiger partial charge in [0.2, 0.25) is 0 Å². The van der Waals surface area contributed by atoms with Crippen LogP contribution in [0.2, 0.25) is 0 Å². The van der Waals surface area contributed by atoms with Gasteiger partial charge in [-0.05, 0) is 25.1 Å². The van der Waals surface area contributed by atoms with Gasteiger partial charge in [0.25, 0.3) is 5.91 Å². The van der Waals surface area contributed by atoms with Crippen LogP contribution in [0.5, 0.6) is 5.75 Å². The highest BCUT2D eigenvalue weighted by Gasteiger charge is 2.14. The van der Waals surface area contributed by atoms with Crippen LogP contribution in [0.3, 0.4) is 0 Å². The third-order valence-corrected chi connectivity index (χ3v) is 2.54. The van der Waals surface area contributed by atoms with Gasteiger partial charge in [-0.25, -0.2) is 0 Å². The van der Waals surface area contributed by atoms with Crippen molar-refractivity contribution in [3.8, 4) is 5.75 Å². The van der Waals surface area contributed by atoms with Gasteiger partial charge in [-0.1, -0.05) is 12.2 Å². The fourth-order valence-electron chi connectivity index (χ4n) is 1.70. The van der Waals surface area contributed by atoms with Gasteiger partial charge in [0.05, 0.1) is 12.3 Å². The van der Waals surface area contributed by atoms with Gasteiger partial charge in [0, 0.05) is 18.7 Å². The lowest BCUT2D eigenvalue weighted by Gasteiger charge is -2.19. The smallest absolute Gasteiger partial charge is 0.254 e. The summed E-state index contributed by atoms with van der Waals surface area (Å²) in [5.41, 5.74) is 6.85. The van der Waals surface area contributed by atoms with Crippen LogP contribution in [0.25, 0.3) is 0 Å². The van der Waals surface area contributed by atoms with Gasteiger partial charge < -0.3 is 15.4 Å². The number of anilines is 1. The molecule has 0 heterocycles. The zero-order chi connectivity index (χ0) is 14.3. The summed E-state index contributed by atoms with van der Waals surface area (Å²) in [6, 6.07) is 5.06. The highest BCUT2D eigenvalue weighted by molar-refractivity contribution is 5.95. The molecule has 4 heteroatoms. The molecule has 19 heavy (non-hydrogen) atoms. The standard InChI is InChI=1S/C15H20N2O2/c1-4-9-17(10-5-2)15(18)12-7-8-14(19-6-3)13(16)11-12/h4-5,7-8,11H,1-2,6,9-10,16H2,3H3. The van der Waals surface area contributed by atoms with Crippen LogP contribution >= 0.6 is 0 Å². The number of ether oxygens (including phenoxy) is 1. The molecule has 1 amide bonds. The van der Waals surface area contributed by atoms with E-state index >= 15 is 0 Å². The van der Waals surface area contributed by atoms with E-state index in [0.29, 0.717) is 36.7 Å². The van der Waals surface area contributed by atoms with Gasteiger partial charge in [-0.15, -0.1) is 13.2 Å². The van der Waals surface area contributed by atoms with E-state index in [4.69, 9.17) is 10.5 Å². The van der Waals surface area contributed by atoms with Crippen molar-refractivity contribution in [1.82, 2.24) is 4.90 Å². The van der Waals surface area contributed by atoms with Crippen molar-refractivity contribution in [2.24, 2.45) is 0 Å². The molecule has 0 aliphatic heterocycles. The van der Waals surface area contributed by atoms with Gasteiger partial charge in [-0.2, -0.15) is 0 Å². The Bertz CT molecular complexity index is 459. The Kier molecular flexibility index (Phi) is 5.67. The lowest BCUT2D eigenvalue weighted by Crippen LogP contribution is -2.31. The minimum absolute atomic E-state index is 0.102. The summed E-state index contributed by atoms with van der Waals surface area (Å²) in [6.07, 6.45) is 3.36. The summed E-state index contributed by atoms with van der Waals surface area (Å²) in [6.45, 7) is 10.6. The molecule has 0 saturated heterocycles. The van der Waals surface area contributed by atoms with Crippen LogP contribution in [0.15, 0.2) is 43.5 Å². The number of amides is 1. The first-order chi connectivity index (χ1) is 9.13. The van der Waals surface area contributed by atoms with Gasteiger partial charge in [0.1, 0.15) is 5.75 Å². The molecule has 0 spiro atoms.